The lowest BCUT2D eigenvalue weighted by atomic mass is 10.4. The smallest absolute Gasteiger partial charge is 0.203 e. The van der Waals surface area contributed by atoms with Crippen LogP contribution in [-0.4, -0.2) is 54.8 Å². The van der Waals surface area contributed by atoms with Crippen molar-refractivity contribution in [3.63, 3.8) is 0 Å². The van der Waals surface area contributed by atoms with Gasteiger partial charge in [0.15, 0.2) is 0 Å². The van der Waals surface area contributed by atoms with E-state index in [-0.39, 0.29) is 0 Å². The quantitative estimate of drug-likeness (QED) is 0.727. The van der Waals surface area contributed by atoms with Crippen LogP contribution in [0.25, 0.3) is 0 Å². The van der Waals surface area contributed by atoms with Gasteiger partial charge in [-0.15, -0.1) is 0 Å². The number of aromatic nitrogens is 2. The second-order valence-corrected chi connectivity index (χ2v) is 4.62. The first-order valence-electron chi connectivity index (χ1n) is 6.62. The Morgan fingerprint density at radius 1 is 1.44 bits per heavy atom. The molecule has 1 heterocycles. The molecule has 1 aromatic rings. The number of anilines is 1. The van der Waals surface area contributed by atoms with Crippen molar-refractivity contribution in [3.8, 4) is 0 Å². The van der Waals surface area contributed by atoms with Crippen LogP contribution in [0.15, 0.2) is 6.20 Å². The maximum Gasteiger partial charge on any atom is 0.203 e. The maximum atomic E-state index is 5.05. The number of hydrogen-bond acceptors (Lipinski definition) is 4. The summed E-state index contributed by atoms with van der Waals surface area (Å²) in [6.07, 6.45) is 3.22. The monoisotopic (exact) mass is 254 g/mol. The van der Waals surface area contributed by atoms with Gasteiger partial charge in [-0.3, -0.25) is 0 Å². The highest BCUT2D eigenvalue weighted by molar-refractivity contribution is 5.28. The molecule has 0 radical (unpaired) electrons. The molecule has 18 heavy (non-hydrogen) atoms. The molecule has 104 valence electrons. The third-order valence-electron chi connectivity index (χ3n) is 2.82. The van der Waals surface area contributed by atoms with Crippen molar-refractivity contribution in [2.24, 2.45) is 0 Å². The Hall–Kier alpha value is -1.07. The first-order valence-corrected chi connectivity index (χ1v) is 6.62. The van der Waals surface area contributed by atoms with Crippen LogP contribution in [0.2, 0.25) is 0 Å². The zero-order valence-corrected chi connectivity index (χ0v) is 12.1. The van der Waals surface area contributed by atoms with Gasteiger partial charge in [0.05, 0.1) is 12.3 Å². The van der Waals surface area contributed by atoms with Gasteiger partial charge >= 0.3 is 0 Å². The van der Waals surface area contributed by atoms with E-state index in [1.54, 1.807) is 7.11 Å². The van der Waals surface area contributed by atoms with E-state index in [1.807, 2.05) is 6.92 Å². The number of aryl methyl sites for hydroxylation is 2. The summed E-state index contributed by atoms with van der Waals surface area (Å²) >= 11 is 0. The third kappa shape index (κ3) is 5.06. The van der Waals surface area contributed by atoms with Crippen LogP contribution in [-0.2, 0) is 11.3 Å². The highest BCUT2D eigenvalue weighted by Gasteiger charge is 2.04. The van der Waals surface area contributed by atoms with Crippen molar-refractivity contribution in [2.45, 2.75) is 26.8 Å². The molecule has 5 nitrogen and oxygen atoms in total. The van der Waals surface area contributed by atoms with Crippen molar-refractivity contribution in [1.82, 2.24) is 14.5 Å². The number of hydrogen-bond donors (Lipinski definition) is 1. The number of imidazole rings is 1. The molecule has 0 aliphatic carbocycles. The SMILES string of the molecule is CCCn1cc(C)nc1NCCN(C)CCOC. The summed E-state index contributed by atoms with van der Waals surface area (Å²) in [6.45, 7) is 8.85. The Morgan fingerprint density at radius 3 is 2.89 bits per heavy atom. The molecule has 5 heteroatoms. The topological polar surface area (TPSA) is 42.3 Å². The van der Waals surface area contributed by atoms with Crippen LogP contribution in [0.1, 0.15) is 19.0 Å². The molecule has 1 aromatic heterocycles. The summed E-state index contributed by atoms with van der Waals surface area (Å²) in [5.41, 5.74) is 1.07. The van der Waals surface area contributed by atoms with E-state index >= 15 is 0 Å². The molecule has 0 aromatic carbocycles. The number of methoxy groups -OCH3 is 1. The van der Waals surface area contributed by atoms with E-state index in [2.05, 4.69) is 39.9 Å². The molecular formula is C13H26N4O. The summed E-state index contributed by atoms with van der Waals surface area (Å²) in [6, 6.07) is 0. The van der Waals surface area contributed by atoms with Gasteiger partial charge in [0.1, 0.15) is 0 Å². The lowest BCUT2D eigenvalue weighted by Gasteiger charge is -2.16. The number of likely N-dealkylation sites (N-methyl/N-ethyl adjacent to an activating group) is 1. The standard InChI is InChI=1S/C13H26N4O/c1-5-7-17-11-12(2)15-13(17)14-6-8-16(3)9-10-18-4/h11H,5-10H2,1-4H3,(H,14,15). The molecule has 0 unspecified atom stereocenters. The fourth-order valence-corrected chi connectivity index (χ4v) is 1.82. The number of nitrogens with zero attached hydrogens (tertiary/aromatic N) is 3. The Labute approximate surface area is 110 Å². The molecule has 0 fully saturated rings. The molecule has 1 rings (SSSR count). The molecule has 0 saturated heterocycles. The van der Waals surface area contributed by atoms with Crippen LogP contribution < -0.4 is 5.32 Å². The molecule has 0 aliphatic rings. The lowest BCUT2D eigenvalue weighted by Crippen LogP contribution is -2.28. The van der Waals surface area contributed by atoms with Crippen LogP contribution >= 0.6 is 0 Å². The van der Waals surface area contributed by atoms with Crippen molar-refractivity contribution in [3.05, 3.63) is 11.9 Å². The maximum absolute atomic E-state index is 5.05. The van der Waals surface area contributed by atoms with Crippen molar-refractivity contribution in [1.29, 1.82) is 0 Å². The normalized spacial score (nSPS) is 11.2. The van der Waals surface area contributed by atoms with Crippen LogP contribution in [0.5, 0.6) is 0 Å². The van der Waals surface area contributed by atoms with E-state index in [9.17, 15) is 0 Å². The molecule has 0 amide bonds. The Balaban J connectivity index is 2.34. The summed E-state index contributed by atoms with van der Waals surface area (Å²) in [5, 5.41) is 3.40. The number of rotatable bonds is 9. The van der Waals surface area contributed by atoms with E-state index in [1.165, 1.54) is 0 Å². The van der Waals surface area contributed by atoms with Gasteiger partial charge in [0, 0.05) is 39.5 Å². The van der Waals surface area contributed by atoms with Gasteiger partial charge in [-0.05, 0) is 20.4 Å². The van der Waals surface area contributed by atoms with Crippen LogP contribution in [0, 0.1) is 6.92 Å². The number of ether oxygens (including phenoxy) is 1. The van der Waals surface area contributed by atoms with Crippen LogP contribution in [0.4, 0.5) is 5.95 Å². The lowest BCUT2D eigenvalue weighted by molar-refractivity contribution is 0.163. The van der Waals surface area contributed by atoms with Gasteiger partial charge in [0.25, 0.3) is 0 Å². The summed E-state index contributed by atoms with van der Waals surface area (Å²) in [5.74, 6) is 0.981. The third-order valence-corrected chi connectivity index (χ3v) is 2.82. The van der Waals surface area contributed by atoms with Crippen LogP contribution in [0.3, 0.4) is 0 Å². The number of nitrogens with one attached hydrogen (secondary N) is 1. The largest absolute Gasteiger partial charge is 0.383 e. The Kier molecular flexibility index (Phi) is 6.75. The van der Waals surface area contributed by atoms with E-state index < -0.39 is 0 Å². The second kappa shape index (κ2) is 8.11. The summed E-state index contributed by atoms with van der Waals surface area (Å²) < 4.78 is 7.24. The fourth-order valence-electron chi connectivity index (χ4n) is 1.82. The first kappa shape index (κ1) is 15.0. The molecule has 0 bridgehead atoms. The van der Waals surface area contributed by atoms with Gasteiger partial charge in [-0.1, -0.05) is 6.92 Å². The first-order chi connectivity index (χ1) is 8.67. The molecule has 0 saturated carbocycles. The van der Waals surface area contributed by atoms with Gasteiger partial charge in [-0.2, -0.15) is 0 Å². The summed E-state index contributed by atoms with van der Waals surface area (Å²) in [4.78, 5) is 6.74. The van der Waals surface area contributed by atoms with Crippen molar-refractivity contribution < 1.29 is 4.74 Å². The summed E-state index contributed by atoms with van der Waals surface area (Å²) in [7, 11) is 3.83. The van der Waals surface area contributed by atoms with E-state index in [4.69, 9.17) is 4.74 Å². The highest BCUT2D eigenvalue weighted by atomic mass is 16.5. The molecule has 0 aliphatic heterocycles. The minimum absolute atomic E-state index is 0.778. The minimum Gasteiger partial charge on any atom is -0.383 e. The average Bonchev–Trinajstić information content (AvgIpc) is 2.68. The van der Waals surface area contributed by atoms with Gasteiger partial charge in [0.2, 0.25) is 5.95 Å². The predicted molar refractivity (Wildman–Crippen MR) is 75.1 cm³/mol. The van der Waals surface area contributed by atoms with Crippen molar-refractivity contribution >= 4 is 5.95 Å². The Morgan fingerprint density at radius 2 is 2.22 bits per heavy atom. The van der Waals surface area contributed by atoms with Gasteiger partial charge in [-0.25, -0.2) is 4.98 Å². The van der Waals surface area contributed by atoms with E-state index in [0.29, 0.717) is 0 Å². The predicted octanol–water partition coefficient (Wildman–Crippen LogP) is 1.59. The minimum atomic E-state index is 0.778. The molecular weight excluding hydrogens is 228 g/mol. The highest BCUT2D eigenvalue weighted by Crippen LogP contribution is 2.08. The fraction of sp³-hybridized carbons (Fsp3) is 0.769. The molecule has 1 N–H and O–H groups in total. The molecule has 0 spiro atoms. The zero-order chi connectivity index (χ0) is 13.4. The van der Waals surface area contributed by atoms with Crippen molar-refractivity contribution in [2.75, 3.05) is 45.7 Å². The van der Waals surface area contributed by atoms with Gasteiger partial charge < -0.3 is 19.5 Å². The van der Waals surface area contributed by atoms with E-state index in [0.717, 1.165) is 50.8 Å². The second-order valence-electron chi connectivity index (χ2n) is 4.62. The average molecular weight is 254 g/mol. The molecule has 0 atom stereocenters. The zero-order valence-electron chi connectivity index (χ0n) is 12.1. The Bertz CT molecular complexity index is 338.